The molecule has 1 heterocycles. The number of anilines is 3. The molecule has 23 heavy (non-hydrogen) atoms. The SMILES string of the molecule is CCS(=O)(=O)Nc1ccc(Nc2c(C)cccc2C(C)C)nn1. The van der Waals surface area contributed by atoms with E-state index < -0.39 is 10.0 Å². The summed E-state index contributed by atoms with van der Waals surface area (Å²) in [7, 11) is -3.34. The zero-order chi connectivity index (χ0) is 17.0. The minimum Gasteiger partial charge on any atom is -0.338 e. The topological polar surface area (TPSA) is 84.0 Å². The van der Waals surface area contributed by atoms with Crippen LogP contribution < -0.4 is 10.0 Å². The van der Waals surface area contributed by atoms with Gasteiger partial charge >= 0.3 is 0 Å². The van der Waals surface area contributed by atoms with Crippen LogP contribution in [0.4, 0.5) is 17.3 Å². The number of nitrogens with one attached hydrogen (secondary N) is 2. The summed E-state index contributed by atoms with van der Waals surface area (Å²) in [5.74, 6) is 1.16. The van der Waals surface area contributed by atoms with E-state index in [4.69, 9.17) is 0 Å². The average molecular weight is 334 g/mol. The number of sulfonamides is 1. The molecule has 0 aliphatic rings. The van der Waals surface area contributed by atoms with Gasteiger partial charge in [-0.15, -0.1) is 10.2 Å². The minimum absolute atomic E-state index is 0.00433. The Labute approximate surface area is 137 Å². The second kappa shape index (κ2) is 6.95. The van der Waals surface area contributed by atoms with Gasteiger partial charge in [-0.25, -0.2) is 8.42 Å². The van der Waals surface area contributed by atoms with Crippen molar-refractivity contribution in [3.8, 4) is 0 Å². The summed E-state index contributed by atoms with van der Waals surface area (Å²) < 4.78 is 25.4. The lowest BCUT2D eigenvalue weighted by molar-refractivity contribution is 0.602. The maximum atomic E-state index is 11.5. The van der Waals surface area contributed by atoms with Gasteiger partial charge in [-0.3, -0.25) is 4.72 Å². The van der Waals surface area contributed by atoms with Crippen molar-refractivity contribution in [2.45, 2.75) is 33.6 Å². The Hall–Kier alpha value is -2.15. The number of hydrogen-bond acceptors (Lipinski definition) is 5. The smallest absolute Gasteiger partial charge is 0.233 e. The largest absolute Gasteiger partial charge is 0.338 e. The highest BCUT2D eigenvalue weighted by Gasteiger charge is 2.11. The minimum atomic E-state index is -3.34. The monoisotopic (exact) mass is 334 g/mol. The summed E-state index contributed by atoms with van der Waals surface area (Å²) in [6.07, 6.45) is 0. The van der Waals surface area contributed by atoms with E-state index in [1.54, 1.807) is 19.1 Å². The molecular weight excluding hydrogens is 312 g/mol. The van der Waals surface area contributed by atoms with Crippen LogP contribution in [0.25, 0.3) is 0 Å². The molecule has 0 bridgehead atoms. The average Bonchev–Trinajstić information content (AvgIpc) is 2.50. The van der Waals surface area contributed by atoms with Crippen LogP contribution in [-0.2, 0) is 10.0 Å². The lowest BCUT2D eigenvalue weighted by Gasteiger charge is -2.16. The maximum Gasteiger partial charge on any atom is 0.233 e. The third kappa shape index (κ3) is 4.41. The molecule has 2 rings (SSSR count). The third-order valence-corrected chi connectivity index (χ3v) is 4.76. The highest BCUT2D eigenvalue weighted by atomic mass is 32.2. The Morgan fingerprint density at radius 2 is 1.74 bits per heavy atom. The molecule has 6 nitrogen and oxygen atoms in total. The first-order valence-electron chi connectivity index (χ1n) is 7.53. The second-order valence-corrected chi connectivity index (χ2v) is 7.64. The van der Waals surface area contributed by atoms with Gasteiger partial charge in [0.25, 0.3) is 0 Å². The van der Waals surface area contributed by atoms with E-state index in [1.807, 2.05) is 19.1 Å². The van der Waals surface area contributed by atoms with Crippen molar-refractivity contribution in [3.63, 3.8) is 0 Å². The van der Waals surface area contributed by atoms with Gasteiger partial charge in [-0.05, 0) is 43.0 Å². The predicted octanol–water partition coefficient (Wildman–Crippen LogP) is 3.41. The Morgan fingerprint density at radius 1 is 1.09 bits per heavy atom. The lowest BCUT2D eigenvalue weighted by Crippen LogP contribution is -2.16. The number of benzene rings is 1. The number of rotatable bonds is 6. The van der Waals surface area contributed by atoms with Gasteiger partial charge in [0.05, 0.1) is 5.75 Å². The zero-order valence-electron chi connectivity index (χ0n) is 13.8. The van der Waals surface area contributed by atoms with E-state index in [-0.39, 0.29) is 11.6 Å². The summed E-state index contributed by atoms with van der Waals surface area (Å²) >= 11 is 0. The molecular formula is C16H22N4O2S. The summed E-state index contributed by atoms with van der Waals surface area (Å²) in [4.78, 5) is 0. The van der Waals surface area contributed by atoms with Crippen LogP contribution in [0.1, 0.15) is 37.8 Å². The Balaban J connectivity index is 2.22. The van der Waals surface area contributed by atoms with Gasteiger partial charge in [-0.1, -0.05) is 32.0 Å². The van der Waals surface area contributed by atoms with Crippen LogP contribution in [0.15, 0.2) is 30.3 Å². The molecule has 0 spiro atoms. The lowest BCUT2D eigenvalue weighted by atomic mass is 9.98. The van der Waals surface area contributed by atoms with Crippen molar-refractivity contribution >= 4 is 27.3 Å². The normalized spacial score (nSPS) is 11.5. The van der Waals surface area contributed by atoms with Gasteiger partial charge in [0.15, 0.2) is 11.6 Å². The number of para-hydroxylation sites is 1. The van der Waals surface area contributed by atoms with Crippen molar-refractivity contribution in [1.82, 2.24) is 10.2 Å². The van der Waals surface area contributed by atoms with E-state index in [2.05, 4.69) is 40.2 Å². The highest BCUT2D eigenvalue weighted by molar-refractivity contribution is 7.92. The van der Waals surface area contributed by atoms with E-state index in [9.17, 15) is 8.42 Å². The molecule has 0 fully saturated rings. The first-order chi connectivity index (χ1) is 10.8. The molecule has 0 amide bonds. The van der Waals surface area contributed by atoms with Gasteiger partial charge in [-0.2, -0.15) is 0 Å². The van der Waals surface area contributed by atoms with Crippen molar-refractivity contribution in [2.24, 2.45) is 0 Å². The quantitative estimate of drug-likeness (QED) is 0.845. The fraction of sp³-hybridized carbons (Fsp3) is 0.375. The molecule has 1 aromatic heterocycles. The van der Waals surface area contributed by atoms with Crippen molar-refractivity contribution in [3.05, 3.63) is 41.5 Å². The van der Waals surface area contributed by atoms with Gasteiger partial charge in [0, 0.05) is 5.69 Å². The van der Waals surface area contributed by atoms with Gasteiger partial charge < -0.3 is 5.32 Å². The number of nitrogens with zero attached hydrogens (tertiary/aromatic N) is 2. The first kappa shape index (κ1) is 17.2. The number of hydrogen-bond donors (Lipinski definition) is 2. The molecule has 0 aliphatic heterocycles. The van der Waals surface area contributed by atoms with Crippen LogP contribution in [0.3, 0.4) is 0 Å². The Kier molecular flexibility index (Phi) is 5.20. The highest BCUT2D eigenvalue weighted by Crippen LogP contribution is 2.29. The van der Waals surface area contributed by atoms with E-state index in [0.717, 1.165) is 11.3 Å². The number of aromatic nitrogens is 2. The molecule has 7 heteroatoms. The van der Waals surface area contributed by atoms with Crippen LogP contribution in [0.5, 0.6) is 0 Å². The molecule has 2 N–H and O–H groups in total. The molecule has 0 radical (unpaired) electrons. The fourth-order valence-corrected chi connectivity index (χ4v) is 2.73. The standard InChI is InChI=1S/C16H22N4O2S/c1-5-23(21,22)20-15-10-9-14(18-19-15)17-16-12(4)7-6-8-13(16)11(2)3/h6-11H,5H2,1-4H3,(H,17,18)(H,19,20). The molecule has 1 aromatic carbocycles. The van der Waals surface area contributed by atoms with Crippen molar-refractivity contribution in [1.29, 1.82) is 0 Å². The summed E-state index contributed by atoms with van der Waals surface area (Å²) in [6.45, 7) is 7.87. The molecule has 0 saturated heterocycles. The van der Waals surface area contributed by atoms with Crippen LogP contribution >= 0.6 is 0 Å². The second-order valence-electron chi connectivity index (χ2n) is 5.63. The summed E-state index contributed by atoms with van der Waals surface area (Å²) in [5.41, 5.74) is 3.33. The molecule has 0 unspecified atom stereocenters. The Morgan fingerprint density at radius 3 is 2.30 bits per heavy atom. The summed E-state index contributed by atoms with van der Waals surface area (Å²) in [6, 6.07) is 9.44. The van der Waals surface area contributed by atoms with E-state index in [1.165, 1.54) is 5.56 Å². The predicted molar refractivity (Wildman–Crippen MR) is 93.7 cm³/mol. The van der Waals surface area contributed by atoms with Gasteiger partial charge in [0.1, 0.15) is 0 Å². The number of aryl methyl sites for hydroxylation is 1. The molecule has 2 aromatic rings. The van der Waals surface area contributed by atoms with Crippen LogP contribution in [0.2, 0.25) is 0 Å². The van der Waals surface area contributed by atoms with E-state index >= 15 is 0 Å². The molecule has 124 valence electrons. The van der Waals surface area contributed by atoms with Crippen LogP contribution in [0, 0.1) is 6.92 Å². The first-order valence-corrected chi connectivity index (χ1v) is 9.18. The molecule has 0 saturated carbocycles. The van der Waals surface area contributed by atoms with E-state index in [0.29, 0.717) is 11.7 Å². The van der Waals surface area contributed by atoms with Crippen LogP contribution in [-0.4, -0.2) is 24.4 Å². The molecule has 0 aliphatic carbocycles. The Bertz CT molecular complexity index is 771. The zero-order valence-corrected chi connectivity index (χ0v) is 14.6. The van der Waals surface area contributed by atoms with Gasteiger partial charge in [0.2, 0.25) is 10.0 Å². The fourth-order valence-electron chi connectivity index (χ4n) is 2.16. The maximum absolute atomic E-state index is 11.5. The third-order valence-electron chi connectivity index (χ3n) is 3.48. The molecule has 0 atom stereocenters. The van der Waals surface area contributed by atoms with Crippen molar-refractivity contribution < 1.29 is 8.42 Å². The summed E-state index contributed by atoms with van der Waals surface area (Å²) in [5, 5.41) is 11.2. The van der Waals surface area contributed by atoms with Crippen molar-refractivity contribution in [2.75, 3.05) is 15.8 Å².